The Morgan fingerprint density at radius 1 is 0.857 bits per heavy atom. The second-order valence-corrected chi connectivity index (χ2v) is 6.64. The van der Waals surface area contributed by atoms with Gasteiger partial charge in [-0.2, -0.15) is 0 Å². The van der Waals surface area contributed by atoms with Crippen LogP contribution in [0.5, 0.6) is 0 Å². The van der Waals surface area contributed by atoms with Crippen molar-refractivity contribution in [2.75, 3.05) is 5.32 Å². The molecule has 0 saturated heterocycles. The molecule has 1 atom stereocenters. The predicted octanol–water partition coefficient (Wildman–Crippen LogP) is -6.24. The molecule has 0 radical (unpaired) electrons. The minimum absolute atomic E-state index is 0. The van der Waals surface area contributed by atoms with Crippen LogP contribution in [0, 0.1) is 0 Å². The summed E-state index contributed by atoms with van der Waals surface area (Å²) in [4.78, 5) is 22.0. The molecule has 0 spiro atoms. The van der Waals surface area contributed by atoms with Gasteiger partial charge in [0.15, 0.2) is 0 Å². The van der Waals surface area contributed by atoms with Gasteiger partial charge >= 0.3 is 88.7 Å². The summed E-state index contributed by atoms with van der Waals surface area (Å²) in [5.74, 6) is -3.03. The predicted molar refractivity (Wildman–Crippen MR) is 95.4 cm³/mol. The smallest absolute Gasteiger partial charge is 0.545 e. The molecule has 0 aliphatic heterocycles. The van der Waals surface area contributed by atoms with Crippen molar-refractivity contribution in [3.8, 4) is 0 Å². The van der Waals surface area contributed by atoms with Crippen molar-refractivity contribution in [1.29, 1.82) is 0 Å². The first kappa shape index (κ1) is 33.6. The molecule has 1 rings (SSSR count). The zero-order chi connectivity index (χ0) is 18.7. The molecule has 28 heavy (non-hydrogen) atoms. The molecule has 0 aliphatic rings. The summed E-state index contributed by atoms with van der Waals surface area (Å²) >= 11 is 0. The molecule has 0 heterocycles. The Kier molecular flexibility index (Phi) is 23.9. The average Bonchev–Trinajstić information content (AvgIpc) is 2.57. The van der Waals surface area contributed by atoms with Gasteiger partial charge < -0.3 is 25.1 Å². The van der Waals surface area contributed by atoms with Crippen LogP contribution >= 0.6 is 0 Å². The van der Waals surface area contributed by atoms with Crippen LogP contribution in [0.2, 0.25) is 0 Å². The number of carbonyl (C=O) groups is 2. The standard InChI is InChI=1S/C20H31NO4.3Na/c1-3-4-5-6-7-8-9-10-11-15(2)21-16-12-13-17(19(22)23)18(14-16)20(24)25;;;/h12-15,21H,3-11H2,1-2H3,(H,22,23)(H,24,25);;;/q;3*+1/p-2. The first-order valence-corrected chi connectivity index (χ1v) is 9.29. The van der Waals surface area contributed by atoms with Crippen molar-refractivity contribution >= 4 is 17.6 Å². The summed E-state index contributed by atoms with van der Waals surface area (Å²) in [6.07, 6.45) is 11.1. The summed E-state index contributed by atoms with van der Waals surface area (Å²) < 4.78 is 0. The summed E-state index contributed by atoms with van der Waals surface area (Å²) in [5.41, 5.74) is -0.137. The van der Waals surface area contributed by atoms with Crippen LogP contribution in [0.15, 0.2) is 18.2 Å². The number of carboxylic acids is 2. The monoisotopic (exact) mass is 416 g/mol. The van der Waals surface area contributed by atoms with Crippen LogP contribution in [0.25, 0.3) is 0 Å². The van der Waals surface area contributed by atoms with E-state index in [1.165, 1.54) is 57.1 Å². The molecule has 1 aromatic carbocycles. The van der Waals surface area contributed by atoms with Crippen LogP contribution in [0.1, 0.15) is 92.4 Å². The van der Waals surface area contributed by atoms with Gasteiger partial charge in [0, 0.05) is 22.9 Å². The van der Waals surface area contributed by atoms with Gasteiger partial charge in [0.25, 0.3) is 0 Å². The third-order valence-corrected chi connectivity index (χ3v) is 4.36. The van der Waals surface area contributed by atoms with Gasteiger partial charge in [-0.1, -0.05) is 64.4 Å². The number of carbonyl (C=O) groups excluding carboxylic acids is 2. The van der Waals surface area contributed by atoms with E-state index in [1.54, 1.807) is 6.07 Å². The molecule has 0 bridgehead atoms. The number of unbranched alkanes of at least 4 members (excludes halogenated alkanes) is 7. The Balaban J connectivity index is -0.00000208. The largest absolute Gasteiger partial charge is 1.00 e. The molecule has 0 aliphatic carbocycles. The number of hydrogen-bond donors (Lipinski definition) is 1. The molecule has 140 valence electrons. The van der Waals surface area contributed by atoms with E-state index >= 15 is 0 Å². The SMILES string of the molecule is CCCCCCCCCCC(C)Nc1ccc(C(=O)[O-])c(C(=O)[O-])c1.[Na+].[Na+].[Na+]. The van der Waals surface area contributed by atoms with Crippen LogP contribution in [-0.4, -0.2) is 18.0 Å². The maximum Gasteiger partial charge on any atom is 1.00 e. The van der Waals surface area contributed by atoms with Gasteiger partial charge in [0.1, 0.15) is 0 Å². The van der Waals surface area contributed by atoms with Crippen molar-refractivity contribution in [3.63, 3.8) is 0 Å². The van der Waals surface area contributed by atoms with Crippen molar-refractivity contribution < 1.29 is 108 Å². The van der Waals surface area contributed by atoms with E-state index in [4.69, 9.17) is 0 Å². The maximum atomic E-state index is 11.1. The van der Waals surface area contributed by atoms with Crippen LogP contribution in [0.4, 0.5) is 5.69 Å². The fourth-order valence-corrected chi connectivity index (χ4v) is 2.92. The number of hydrogen-bond acceptors (Lipinski definition) is 5. The summed E-state index contributed by atoms with van der Waals surface area (Å²) in [7, 11) is 0. The van der Waals surface area contributed by atoms with E-state index in [1.807, 2.05) is 6.92 Å². The molecule has 0 fully saturated rings. The molecular weight excluding hydrogens is 387 g/mol. The van der Waals surface area contributed by atoms with Gasteiger partial charge in [-0.25, -0.2) is 0 Å². The molecule has 1 N–H and O–H groups in total. The second-order valence-electron chi connectivity index (χ2n) is 6.64. The Bertz CT molecular complexity index is 570. The summed E-state index contributed by atoms with van der Waals surface area (Å²) in [6.45, 7) is 4.25. The molecular formula is C20H29NNa3O4+. The minimum atomic E-state index is -1.52. The van der Waals surface area contributed by atoms with Crippen LogP contribution in [-0.2, 0) is 0 Å². The Hall–Kier alpha value is 0.960. The second kappa shape index (κ2) is 19.9. The molecule has 0 amide bonds. The van der Waals surface area contributed by atoms with E-state index in [9.17, 15) is 19.8 Å². The molecule has 8 heteroatoms. The number of benzene rings is 1. The van der Waals surface area contributed by atoms with Gasteiger partial charge in [-0.05, 0) is 25.5 Å². The van der Waals surface area contributed by atoms with Crippen molar-refractivity contribution in [2.24, 2.45) is 0 Å². The van der Waals surface area contributed by atoms with E-state index in [2.05, 4.69) is 12.2 Å². The third kappa shape index (κ3) is 14.1. The number of carboxylic acid groups (broad SMARTS) is 2. The van der Waals surface area contributed by atoms with Crippen molar-refractivity contribution in [2.45, 2.75) is 77.7 Å². The Labute approximate surface area is 235 Å². The average molecular weight is 416 g/mol. The molecule has 0 saturated carbocycles. The third-order valence-electron chi connectivity index (χ3n) is 4.36. The maximum absolute atomic E-state index is 11.1. The van der Waals surface area contributed by atoms with Gasteiger partial charge in [-0.3, -0.25) is 0 Å². The molecule has 5 nitrogen and oxygen atoms in total. The molecule has 0 aromatic heterocycles. The quantitative estimate of drug-likeness (QED) is 0.255. The zero-order valence-corrected chi connectivity index (χ0v) is 24.3. The van der Waals surface area contributed by atoms with Crippen molar-refractivity contribution in [3.05, 3.63) is 29.3 Å². The Morgan fingerprint density at radius 3 is 1.86 bits per heavy atom. The van der Waals surface area contributed by atoms with Gasteiger partial charge in [-0.15, -0.1) is 0 Å². The summed E-state index contributed by atoms with van der Waals surface area (Å²) in [5, 5.41) is 25.2. The van der Waals surface area contributed by atoms with Gasteiger partial charge in [0.05, 0.1) is 11.9 Å². The first-order valence-electron chi connectivity index (χ1n) is 9.29. The number of rotatable bonds is 13. The number of aromatic carboxylic acids is 2. The van der Waals surface area contributed by atoms with Crippen LogP contribution in [0.3, 0.4) is 0 Å². The zero-order valence-electron chi connectivity index (χ0n) is 18.3. The van der Waals surface area contributed by atoms with Crippen molar-refractivity contribution in [1.82, 2.24) is 0 Å². The molecule has 1 aromatic rings. The fraction of sp³-hybridized carbons (Fsp3) is 0.600. The minimum Gasteiger partial charge on any atom is -0.545 e. The van der Waals surface area contributed by atoms with Crippen LogP contribution < -0.4 is 104 Å². The normalized spacial score (nSPS) is 10.6. The fourth-order valence-electron chi connectivity index (χ4n) is 2.92. The first-order chi connectivity index (χ1) is 12.0. The molecule has 1 unspecified atom stereocenters. The topological polar surface area (TPSA) is 92.3 Å². The van der Waals surface area contributed by atoms with E-state index in [0.717, 1.165) is 12.8 Å². The van der Waals surface area contributed by atoms with E-state index in [-0.39, 0.29) is 106 Å². The number of nitrogens with one attached hydrogen (secondary N) is 1. The van der Waals surface area contributed by atoms with E-state index in [0.29, 0.717) is 5.69 Å². The number of anilines is 1. The van der Waals surface area contributed by atoms with Gasteiger partial charge in [0.2, 0.25) is 0 Å². The Morgan fingerprint density at radius 2 is 1.36 bits per heavy atom. The summed E-state index contributed by atoms with van der Waals surface area (Å²) in [6, 6.07) is 4.28. The van der Waals surface area contributed by atoms with E-state index < -0.39 is 11.9 Å².